The van der Waals surface area contributed by atoms with Gasteiger partial charge in [-0.3, -0.25) is 0 Å². The number of nitrogens with zero attached hydrogens (tertiary/aromatic N) is 2. The molecule has 4 heteroatoms. The summed E-state index contributed by atoms with van der Waals surface area (Å²) in [6, 6.07) is 8.31. The molecule has 0 spiro atoms. The number of benzene rings is 1. The van der Waals surface area contributed by atoms with Gasteiger partial charge in [0, 0.05) is 25.5 Å². The number of hydrogen-bond acceptors (Lipinski definition) is 3. The van der Waals surface area contributed by atoms with E-state index in [9.17, 15) is 0 Å². The lowest BCUT2D eigenvalue weighted by atomic mass is 10.1. The van der Waals surface area contributed by atoms with Crippen LogP contribution >= 0.6 is 0 Å². The molecule has 0 aliphatic rings. The van der Waals surface area contributed by atoms with Crippen LogP contribution in [0.15, 0.2) is 36.8 Å². The van der Waals surface area contributed by atoms with Crippen molar-refractivity contribution in [1.82, 2.24) is 9.55 Å². The van der Waals surface area contributed by atoms with Crippen LogP contribution in [0, 0.1) is 0 Å². The van der Waals surface area contributed by atoms with Crippen molar-refractivity contribution in [3.05, 3.63) is 48.0 Å². The molecule has 18 heavy (non-hydrogen) atoms. The van der Waals surface area contributed by atoms with Crippen LogP contribution in [0.1, 0.15) is 17.7 Å². The first-order valence-corrected chi connectivity index (χ1v) is 6.18. The fourth-order valence-corrected chi connectivity index (χ4v) is 1.87. The van der Waals surface area contributed by atoms with E-state index in [2.05, 4.69) is 28.5 Å². The molecule has 96 valence electrons. The molecule has 0 bridgehead atoms. The Morgan fingerprint density at radius 1 is 1.39 bits per heavy atom. The third-order valence-corrected chi connectivity index (χ3v) is 2.94. The molecule has 1 aromatic heterocycles. The Morgan fingerprint density at radius 2 is 2.28 bits per heavy atom. The van der Waals surface area contributed by atoms with Crippen LogP contribution in [0.2, 0.25) is 0 Å². The van der Waals surface area contributed by atoms with Gasteiger partial charge in [-0.2, -0.15) is 0 Å². The van der Waals surface area contributed by atoms with E-state index in [0.717, 1.165) is 30.8 Å². The van der Waals surface area contributed by atoms with Crippen LogP contribution in [0.25, 0.3) is 0 Å². The topological polar surface area (TPSA) is 50.1 Å². The van der Waals surface area contributed by atoms with E-state index in [-0.39, 0.29) is 6.61 Å². The largest absolute Gasteiger partial charge is 0.396 e. The van der Waals surface area contributed by atoms with Crippen molar-refractivity contribution in [2.75, 3.05) is 11.9 Å². The maximum Gasteiger partial charge on any atom is 0.0946 e. The number of aromatic nitrogens is 2. The molecule has 1 aromatic carbocycles. The summed E-state index contributed by atoms with van der Waals surface area (Å²) in [7, 11) is 1.99. The van der Waals surface area contributed by atoms with Crippen molar-refractivity contribution < 1.29 is 5.11 Å². The first-order valence-electron chi connectivity index (χ1n) is 6.18. The highest BCUT2D eigenvalue weighted by atomic mass is 16.2. The second kappa shape index (κ2) is 6.21. The second-order valence-electron chi connectivity index (χ2n) is 4.38. The number of aliphatic hydroxyl groups is 1. The standard InChI is InChI=1S/C14H19N3O/c1-17-11-15-9-14(17)10-16-13-6-2-4-12(8-13)5-3-7-18/h2,4,6,8-9,11,16,18H,3,5,7,10H2,1H3. The van der Waals surface area contributed by atoms with Gasteiger partial charge in [-0.15, -0.1) is 0 Å². The van der Waals surface area contributed by atoms with Gasteiger partial charge in [-0.25, -0.2) is 4.98 Å². The fraction of sp³-hybridized carbons (Fsp3) is 0.357. The monoisotopic (exact) mass is 245 g/mol. The number of rotatable bonds is 6. The Balaban J connectivity index is 1.95. The highest BCUT2D eigenvalue weighted by Crippen LogP contribution is 2.13. The van der Waals surface area contributed by atoms with Gasteiger partial charge < -0.3 is 15.0 Å². The van der Waals surface area contributed by atoms with Crippen LogP contribution in [-0.2, 0) is 20.0 Å². The minimum Gasteiger partial charge on any atom is -0.396 e. The first-order chi connectivity index (χ1) is 8.79. The molecule has 0 saturated heterocycles. The van der Waals surface area contributed by atoms with Crippen molar-refractivity contribution in [1.29, 1.82) is 0 Å². The molecule has 0 atom stereocenters. The van der Waals surface area contributed by atoms with Gasteiger partial charge in [0.1, 0.15) is 0 Å². The van der Waals surface area contributed by atoms with E-state index in [1.807, 2.05) is 23.9 Å². The molecular formula is C14H19N3O. The van der Waals surface area contributed by atoms with Crippen molar-refractivity contribution in [3.8, 4) is 0 Å². The highest BCUT2D eigenvalue weighted by Gasteiger charge is 1.99. The number of imidazole rings is 1. The summed E-state index contributed by atoms with van der Waals surface area (Å²) in [5.41, 5.74) is 3.50. The van der Waals surface area contributed by atoms with E-state index in [4.69, 9.17) is 5.11 Å². The number of aliphatic hydroxyl groups excluding tert-OH is 1. The molecule has 4 nitrogen and oxygen atoms in total. The molecule has 0 amide bonds. The minimum absolute atomic E-state index is 0.243. The predicted molar refractivity (Wildman–Crippen MR) is 72.4 cm³/mol. The Labute approximate surface area is 107 Å². The van der Waals surface area contributed by atoms with Gasteiger partial charge in [0.15, 0.2) is 0 Å². The maximum atomic E-state index is 8.83. The van der Waals surface area contributed by atoms with Gasteiger partial charge in [-0.05, 0) is 30.5 Å². The minimum atomic E-state index is 0.243. The van der Waals surface area contributed by atoms with Crippen molar-refractivity contribution in [3.63, 3.8) is 0 Å². The molecule has 1 heterocycles. The zero-order valence-electron chi connectivity index (χ0n) is 10.6. The lowest BCUT2D eigenvalue weighted by Crippen LogP contribution is -2.04. The van der Waals surface area contributed by atoms with Crippen LogP contribution in [0.4, 0.5) is 5.69 Å². The zero-order valence-corrected chi connectivity index (χ0v) is 10.6. The Hall–Kier alpha value is -1.81. The molecular weight excluding hydrogens is 226 g/mol. The fourth-order valence-electron chi connectivity index (χ4n) is 1.87. The zero-order chi connectivity index (χ0) is 12.8. The average molecular weight is 245 g/mol. The van der Waals surface area contributed by atoms with Crippen LogP contribution < -0.4 is 5.32 Å². The molecule has 0 fully saturated rings. The van der Waals surface area contributed by atoms with E-state index in [1.54, 1.807) is 6.33 Å². The van der Waals surface area contributed by atoms with Crippen molar-refractivity contribution in [2.45, 2.75) is 19.4 Å². The second-order valence-corrected chi connectivity index (χ2v) is 4.38. The van der Waals surface area contributed by atoms with E-state index >= 15 is 0 Å². The lowest BCUT2D eigenvalue weighted by Gasteiger charge is -2.08. The third-order valence-electron chi connectivity index (χ3n) is 2.94. The molecule has 0 aliphatic carbocycles. The van der Waals surface area contributed by atoms with Gasteiger partial charge in [0.05, 0.1) is 18.6 Å². The maximum absolute atomic E-state index is 8.83. The molecule has 2 aromatic rings. The van der Waals surface area contributed by atoms with Gasteiger partial charge in [-0.1, -0.05) is 12.1 Å². The van der Waals surface area contributed by atoms with Crippen LogP contribution in [0.3, 0.4) is 0 Å². The highest BCUT2D eigenvalue weighted by molar-refractivity contribution is 5.45. The SMILES string of the molecule is Cn1cncc1CNc1cccc(CCCO)c1. The third kappa shape index (κ3) is 3.34. The summed E-state index contributed by atoms with van der Waals surface area (Å²) in [4.78, 5) is 4.09. The molecule has 0 radical (unpaired) electrons. The van der Waals surface area contributed by atoms with Crippen molar-refractivity contribution >= 4 is 5.69 Å². The van der Waals surface area contributed by atoms with E-state index < -0.39 is 0 Å². The predicted octanol–water partition coefficient (Wildman–Crippen LogP) is 1.96. The quantitative estimate of drug-likeness (QED) is 0.818. The number of hydrogen-bond donors (Lipinski definition) is 2. The summed E-state index contributed by atoms with van der Waals surface area (Å²) >= 11 is 0. The number of anilines is 1. The van der Waals surface area contributed by atoms with Crippen LogP contribution in [0.5, 0.6) is 0 Å². The smallest absolute Gasteiger partial charge is 0.0946 e. The van der Waals surface area contributed by atoms with Gasteiger partial charge in [0.2, 0.25) is 0 Å². The van der Waals surface area contributed by atoms with Crippen molar-refractivity contribution in [2.24, 2.45) is 7.05 Å². The molecule has 0 aliphatic heterocycles. The summed E-state index contributed by atoms with van der Waals surface area (Å²) in [6.07, 6.45) is 5.39. The Morgan fingerprint density at radius 3 is 3.00 bits per heavy atom. The summed E-state index contributed by atoms with van der Waals surface area (Å²) < 4.78 is 2.00. The number of aryl methyl sites for hydroxylation is 2. The molecule has 0 unspecified atom stereocenters. The molecule has 2 rings (SSSR count). The Kier molecular flexibility index (Phi) is 4.36. The normalized spacial score (nSPS) is 10.6. The number of nitrogens with one attached hydrogen (secondary N) is 1. The molecule has 2 N–H and O–H groups in total. The Bertz CT molecular complexity index is 493. The lowest BCUT2D eigenvalue weighted by molar-refractivity contribution is 0.288. The first kappa shape index (κ1) is 12.6. The molecule has 0 saturated carbocycles. The summed E-state index contributed by atoms with van der Waals surface area (Å²) in [5.74, 6) is 0. The van der Waals surface area contributed by atoms with Gasteiger partial charge >= 0.3 is 0 Å². The van der Waals surface area contributed by atoms with Crippen LogP contribution in [-0.4, -0.2) is 21.3 Å². The summed E-state index contributed by atoms with van der Waals surface area (Å²) in [6.45, 7) is 1.01. The van der Waals surface area contributed by atoms with E-state index in [1.165, 1.54) is 5.56 Å². The average Bonchev–Trinajstić information content (AvgIpc) is 2.80. The van der Waals surface area contributed by atoms with E-state index in [0.29, 0.717) is 0 Å². The van der Waals surface area contributed by atoms with Gasteiger partial charge in [0.25, 0.3) is 0 Å². The summed E-state index contributed by atoms with van der Waals surface area (Å²) in [5, 5.41) is 12.2.